The molecule has 1 aromatic carbocycles. The van der Waals surface area contributed by atoms with E-state index in [1.54, 1.807) is 23.2 Å². The Morgan fingerprint density at radius 2 is 1.89 bits per heavy atom. The molecule has 27 heavy (non-hydrogen) atoms. The molecule has 0 saturated heterocycles. The molecule has 8 heteroatoms. The normalized spacial score (nSPS) is 11.4. The molecule has 1 amide bonds. The number of carbonyl (C=O) groups is 1. The van der Waals surface area contributed by atoms with Gasteiger partial charge in [-0.2, -0.15) is 4.80 Å². The molecule has 3 aromatic rings. The number of aromatic nitrogens is 5. The van der Waals surface area contributed by atoms with E-state index in [1.165, 1.54) is 16.9 Å². The van der Waals surface area contributed by atoms with Gasteiger partial charge < -0.3 is 4.90 Å². The number of hydrogen-bond acceptors (Lipinski definition) is 5. The lowest BCUT2D eigenvalue weighted by Crippen LogP contribution is -2.32. The van der Waals surface area contributed by atoms with Gasteiger partial charge in [0.2, 0.25) is 5.91 Å². The van der Waals surface area contributed by atoms with Gasteiger partial charge in [0, 0.05) is 11.9 Å². The topological polar surface area (TPSA) is 76.8 Å². The summed E-state index contributed by atoms with van der Waals surface area (Å²) in [6.45, 7) is 6.11. The summed E-state index contributed by atoms with van der Waals surface area (Å²) in [4.78, 5) is 20.2. The number of tetrazole rings is 1. The minimum Gasteiger partial charge on any atom is -0.306 e. The van der Waals surface area contributed by atoms with Gasteiger partial charge in [0.05, 0.1) is 24.2 Å². The molecule has 0 N–H and O–H groups in total. The number of anilines is 1. The Kier molecular flexibility index (Phi) is 5.25. The van der Waals surface area contributed by atoms with Crippen molar-refractivity contribution >= 4 is 11.6 Å². The van der Waals surface area contributed by atoms with E-state index < -0.39 is 0 Å². The zero-order chi connectivity index (χ0) is 19.4. The Bertz CT molecular complexity index is 902. The average molecular weight is 368 g/mol. The van der Waals surface area contributed by atoms with Gasteiger partial charge in [0.15, 0.2) is 5.82 Å². The van der Waals surface area contributed by atoms with E-state index in [-0.39, 0.29) is 30.2 Å². The summed E-state index contributed by atoms with van der Waals surface area (Å²) in [7, 11) is 0. The maximum atomic E-state index is 13.3. The Hall–Kier alpha value is -3.16. The van der Waals surface area contributed by atoms with Crippen LogP contribution < -0.4 is 4.90 Å². The van der Waals surface area contributed by atoms with Gasteiger partial charge >= 0.3 is 0 Å². The SMILES string of the molecule is CC(C)(C)n1nnc(CC(=O)N(Cc2ccccn2)c2ccc(F)cc2)n1. The molecule has 0 aliphatic rings. The van der Waals surface area contributed by atoms with Gasteiger partial charge in [-0.15, -0.1) is 10.2 Å². The summed E-state index contributed by atoms with van der Waals surface area (Å²) in [5, 5.41) is 12.3. The second kappa shape index (κ2) is 7.61. The molecule has 0 fully saturated rings. The fourth-order valence-electron chi connectivity index (χ4n) is 2.43. The third-order valence-electron chi connectivity index (χ3n) is 3.85. The molecule has 7 nitrogen and oxygen atoms in total. The first-order valence-corrected chi connectivity index (χ1v) is 8.58. The summed E-state index contributed by atoms with van der Waals surface area (Å²) >= 11 is 0. The zero-order valence-corrected chi connectivity index (χ0v) is 15.5. The lowest BCUT2D eigenvalue weighted by Gasteiger charge is -2.22. The minimum atomic E-state index is -0.362. The monoisotopic (exact) mass is 368 g/mol. The van der Waals surface area contributed by atoms with Gasteiger partial charge in [-0.25, -0.2) is 4.39 Å². The second-order valence-electron chi connectivity index (χ2n) is 7.12. The lowest BCUT2D eigenvalue weighted by atomic mass is 10.1. The first-order chi connectivity index (χ1) is 12.8. The maximum Gasteiger partial charge on any atom is 0.235 e. The van der Waals surface area contributed by atoms with Crippen molar-refractivity contribution in [2.75, 3.05) is 4.90 Å². The van der Waals surface area contributed by atoms with Crippen LogP contribution in [0, 0.1) is 5.82 Å². The highest BCUT2D eigenvalue weighted by atomic mass is 19.1. The molecule has 0 radical (unpaired) electrons. The summed E-state index contributed by atoms with van der Waals surface area (Å²) < 4.78 is 13.3. The number of rotatable bonds is 5. The fraction of sp³-hybridized carbons (Fsp3) is 0.316. The quantitative estimate of drug-likeness (QED) is 0.692. The predicted molar refractivity (Wildman–Crippen MR) is 98.3 cm³/mol. The maximum absolute atomic E-state index is 13.3. The number of amides is 1. The van der Waals surface area contributed by atoms with E-state index in [4.69, 9.17) is 0 Å². The number of carbonyl (C=O) groups excluding carboxylic acids is 1. The van der Waals surface area contributed by atoms with Crippen molar-refractivity contribution in [2.45, 2.75) is 39.3 Å². The number of nitrogens with zero attached hydrogens (tertiary/aromatic N) is 6. The van der Waals surface area contributed by atoms with Crippen molar-refractivity contribution in [3.8, 4) is 0 Å². The van der Waals surface area contributed by atoms with Crippen LogP contribution in [-0.4, -0.2) is 31.1 Å². The molecule has 0 aliphatic heterocycles. The standard InChI is InChI=1S/C19H21FN6O/c1-19(2,3)26-23-17(22-24-26)12-18(27)25(13-15-6-4-5-11-21-15)16-9-7-14(20)8-10-16/h4-11H,12-13H2,1-3H3. The zero-order valence-electron chi connectivity index (χ0n) is 15.5. The Labute approximate surface area is 156 Å². The number of halogens is 1. The largest absolute Gasteiger partial charge is 0.306 e. The van der Waals surface area contributed by atoms with Crippen LogP contribution in [0.2, 0.25) is 0 Å². The summed E-state index contributed by atoms with van der Waals surface area (Å²) in [5.74, 6) is -0.248. The number of pyridine rings is 1. The second-order valence-corrected chi connectivity index (χ2v) is 7.12. The van der Waals surface area contributed by atoms with Crippen molar-refractivity contribution < 1.29 is 9.18 Å². The van der Waals surface area contributed by atoms with Crippen molar-refractivity contribution in [3.05, 3.63) is 66.0 Å². The molecule has 0 bridgehead atoms. The van der Waals surface area contributed by atoms with Gasteiger partial charge in [0.25, 0.3) is 0 Å². The van der Waals surface area contributed by atoms with Crippen molar-refractivity contribution in [3.63, 3.8) is 0 Å². The highest BCUT2D eigenvalue weighted by molar-refractivity contribution is 5.94. The first kappa shape index (κ1) is 18.6. The molecular weight excluding hydrogens is 347 g/mol. The molecular formula is C19H21FN6O. The van der Waals surface area contributed by atoms with Crippen molar-refractivity contribution in [2.24, 2.45) is 0 Å². The Balaban J connectivity index is 1.84. The third-order valence-corrected chi connectivity index (χ3v) is 3.85. The van der Waals surface area contributed by atoms with Crippen LogP contribution >= 0.6 is 0 Å². The van der Waals surface area contributed by atoms with E-state index >= 15 is 0 Å². The van der Waals surface area contributed by atoms with E-state index in [0.717, 1.165) is 5.69 Å². The van der Waals surface area contributed by atoms with Gasteiger partial charge in [0.1, 0.15) is 5.82 Å². The van der Waals surface area contributed by atoms with Gasteiger partial charge in [-0.05, 0) is 62.4 Å². The van der Waals surface area contributed by atoms with Crippen LogP contribution in [-0.2, 0) is 23.3 Å². The van der Waals surface area contributed by atoms with Crippen LogP contribution in [0.25, 0.3) is 0 Å². The Morgan fingerprint density at radius 3 is 2.48 bits per heavy atom. The summed E-state index contributed by atoms with van der Waals surface area (Å²) in [5.41, 5.74) is 0.982. The molecule has 0 saturated carbocycles. The van der Waals surface area contributed by atoms with Crippen LogP contribution in [0.5, 0.6) is 0 Å². The highest BCUT2D eigenvalue weighted by Gasteiger charge is 2.22. The molecule has 0 aliphatic carbocycles. The van der Waals surface area contributed by atoms with Crippen molar-refractivity contribution in [1.82, 2.24) is 25.2 Å². The van der Waals surface area contributed by atoms with E-state index in [2.05, 4.69) is 20.4 Å². The Morgan fingerprint density at radius 1 is 1.15 bits per heavy atom. The molecule has 0 atom stereocenters. The van der Waals surface area contributed by atoms with E-state index in [1.807, 2.05) is 39.0 Å². The number of hydrogen-bond donors (Lipinski definition) is 0. The molecule has 2 heterocycles. The third kappa shape index (κ3) is 4.72. The summed E-state index contributed by atoms with van der Waals surface area (Å²) in [6.07, 6.45) is 1.65. The molecule has 140 valence electrons. The smallest absolute Gasteiger partial charge is 0.235 e. The number of benzene rings is 1. The molecule has 2 aromatic heterocycles. The first-order valence-electron chi connectivity index (χ1n) is 8.58. The lowest BCUT2D eigenvalue weighted by molar-refractivity contribution is -0.118. The van der Waals surface area contributed by atoms with Crippen LogP contribution in [0.15, 0.2) is 48.7 Å². The van der Waals surface area contributed by atoms with E-state index in [9.17, 15) is 9.18 Å². The van der Waals surface area contributed by atoms with Gasteiger partial charge in [-0.3, -0.25) is 9.78 Å². The summed E-state index contributed by atoms with van der Waals surface area (Å²) in [6, 6.07) is 11.3. The molecule has 3 rings (SSSR count). The minimum absolute atomic E-state index is 0.0136. The van der Waals surface area contributed by atoms with E-state index in [0.29, 0.717) is 11.5 Å². The molecule has 0 unspecified atom stereocenters. The van der Waals surface area contributed by atoms with Crippen LogP contribution in [0.3, 0.4) is 0 Å². The average Bonchev–Trinajstić information content (AvgIpc) is 3.10. The predicted octanol–water partition coefficient (Wildman–Crippen LogP) is 2.74. The van der Waals surface area contributed by atoms with Crippen LogP contribution in [0.1, 0.15) is 32.3 Å². The molecule has 0 spiro atoms. The van der Waals surface area contributed by atoms with Gasteiger partial charge in [-0.1, -0.05) is 6.07 Å². The van der Waals surface area contributed by atoms with Crippen molar-refractivity contribution in [1.29, 1.82) is 0 Å². The fourth-order valence-corrected chi connectivity index (χ4v) is 2.43. The highest BCUT2D eigenvalue weighted by Crippen LogP contribution is 2.19. The van der Waals surface area contributed by atoms with Crippen LogP contribution in [0.4, 0.5) is 10.1 Å².